The molecule has 1 aliphatic heterocycles. The van der Waals surface area contributed by atoms with Gasteiger partial charge in [0.05, 0.1) is 20.1 Å². The third-order valence-electron chi connectivity index (χ3n) is 5.07. The van der Waals surface area contributed by atoms with Crippen LogP contribution < -0.4 is 9.47 Å². The molecule has 7 nitrogen and oxygen atoms in total. The van der Waals surface area contributed by atoms with Gasteiger partial charge in [-0.2, -0.15) is 18.2 Å². The average Bonchev–Trinajstić information content (AvgIpc) is 3.44. The van der Waals surface area contributed by atoms with E-state index in [1.54, 1.807) is 36.3 Å². The van der Waals surface area contributed by atoms with Crippen LogP contribution in [-0.4, -0.2) is 47.3 Å². The van der Waals surface area contributed by atoms with E-state index in [0.717, 1.165) is 5.56 Å². The molecule has 0 aliphatic carbocycles. The summed E-state index contributed by atoms with van der Waals surface area (Å²) in [7, 11) is 1.58. The highest BCUT2D eigenvalue weighted by atomic mass is 19.4. The number of nitrogens with zero attached hydrogens (tertiary/aromatic N) is 3. The van der Waals surface area contributed by atoms with E-state index in [4.69, 9.17) is 9.47 Å². The lowest BCUT2D eigenvalue weighted by Gasteiger charge is -2.17. The summed E-state index contributed by atoms with van der Waals surface area (Å²) in [6.45, 7) is 1.05. The molecule has 1 atom stereocenters. The standard InChI is InChI=1S/C22H20F3N3O4/c1-30-17-4-2-3-14(11-17)12-19(29)28-10-9-18(13-28)31-16-7-5-15(6-8-16)20-26-21(32-27-20)22(23,24)25/h2-8,11,18H,9-10,12-13H2,1H3/t18-/m1/s1. The first-order valence-corrected chi connectivity index (χ1v) is 9.90. The lowest BCUT2D eigenvalue weighted by molar-refractivity contribution is -0.159. The normalized spacial score (nSPS) is 16.2. The molecule has 4 rings (SSSR count). The first kappa shape index (κ1) is 21.7. The summed E-state index contributed by atoms with van der Waals surface area (Å²) in [5.41, 5.74) is 1.25. The number of hydrogen-bond donors (Lipinski definition) is 0. The molecule has 10 heteroatoms. The molecule has 32 heavy (non-hydrogen) atoms. The Morgan fingerprint density at radius 3 is 2.66 bits per heavy atom. The highest BCUT2D eigenvalue weighted by Crippen LogP contribution is 2.30. The van der Waals surface area contributed by atoms with Crippen molar-refractivity contribution < 1.29 is 32.0 Å². The lowest BCUT2D eigenvalue weighted by atomic mass is 10.1. The second kappa shape index (κ2) is 8.89. The second-order valence-corrected chi connectivity index (χ2v) is 7.34. The molecule has 2 heterocycles. The van der Waals surface area contributed by atoms with E-state index in [2.05, 4.69) is 14.7 Å². The molecule has 1 amide bonds. The molecular formula is C22H20F3N3O4. The molecule has 0 radical (unpaired) electrons. The molecule has 0 saturated carbocycles. The summed E-state index contributed by atoms with van der Waals surface area (Å²) in [4.78, 5) is 17.7. The SMILES string of the molecule is COc1cccc(CC(=O)N2CC[C@@H](Oc3ccc(-c4noc(C(F)(F)F)n4)cc3)C2)c1. The van der Waals surface area contributed by atoms with Crippen molar-refractivity contribution in [3.63, 3.8) is 0 Å². The average molecular weight is 447 g/mol. The minimum absolute atomic E-state index is 0.0114. The first-order valence-electron chi connectivity index (χ1n) is 9.90. The smallest absolute Gasteiger partial charge is 0.471 e. The van der Waals surface area contributed by atoms with E-state index in [1.807, 2.05) is 24.3 Å². The van der Waals surface area contributed by atoms with E-state index in [0.29, 0.717) is 36.6 Å². The van der Waals surface area contributed by atoms with Gasteiger partial charge in [-0.05, 0) is 42.0 Å². The molecule has 168 valence electrons. The molecule has 1 fully saturated rings. The summed E-state index contributed by atoms with van der Waals surface area (Å²) in [6.07, 6.45) is -3.89. The van der Waals surface area contributed by atoms with Gasteiger partial charge in [-0.3, -0.25) is 4.79 Å². The van der Waals surface area contributed by atoms with Crippen LogP contribution >= 0.6 is 0 Å². The van der Waals surface area contributed by atoms with E-state index in [-0.39, 0.29) is 24.3 Å². The summed E-state index contributed by atoms with van der Waals surface area (Å²) in [5, 5.41) is 3.36. The third-order valence-corrected chi connectivity index (χ3v) is 5.07. The number of carbonyl (C=O) groups excluding carboxylic acids is 1. The van der Waals surface area contributed by atoms with Crippen LogP contribution in [0, 0.1) is 0 Å². The number of aromatic nitrogens is 2. The predicted molar refractivity (Wildman–Crippen MR) is 107 cm³/mol. The van der Waals surface area contributed by atoms with Gasteiger partial charge >= 0.3 is 12.1 Å². The van der Waals surface area contributed by atoms with Gasteiger partial charge in [-0.1, -0.05) is 17.3 Å². The fourth-order valence-corrected chi connectivity index (χ4v) is 3.45. The molecule has 3 aromatic rings. The highest BCUT2D eigenvalue weighted by molar-refractivity contribution is 5.79. The fourth-order valence-electron chi connectivity index (χ4n) is 3.45. The van der Waals surface area contributed by atoms with Crippen molar-refractivity contribution in [2.45, 2.75) is 25.1 Å². The number of methoxy groups -OCH3 is 1. The second-order valence-electron chi connectivity index (χ2n) is 7.34. The highest BCUT2D eigenvalue weighted by Gasteiger charge is 2.38. The summed E-state index contributed by atoms with van der Waals surface area (Å²) < 4.78 is 53.2. The maximum atomic E-state index is 12.6. The zero-order valence-electron chi connectivity index (χ0n) is 17.1. The van der Waals surface area contributed by atoms with Crippen molar-refractivity contribution in [2.24, 2.45) is 0 Å². The molecule has 0 bridgehead atoms. The Bertz CT molecular complexity index is 1080. The number of carbonyl (C=O) groups is 1. The monoisotopic (exact) mass is 447 g/mol. The molecular weight excluding hydrogens is 427 g/mol. The van der Waals surface area contributed by atoms with Crippen LogP contribution in [-0.2, 0) is 17.4 Å². The van der Waals surface area contributed by atoms with Gasteiger partial charge in [0, 0.05) is 18.5 Å². The zero-order chi connectivity index (χ0) is 22.7. The summed E-state index contributed by atoms with van der Waals surface area (Å²) in [6, 6.07) is 13.8. The van der Waals surface area contributed by atoms with Gasteiger partial charge in [0.25, 0.3) is 0 Å². The molecule has 1 saturated heterocycles. The topological polar surface area (TPSA) is 77.7 Å². The largest absolute Gasteiger partial charge is 0.497 e. The Balaban J connectivity index is 1.32. The maximum Gasteiger partial charge on any atom is 0.471 e. The van der Waals surface area contributed by atoms with Crippen LogP contribution in [0.5, 0.6) is 11.5 Å². The van der Waals surface area contributed by atoms with Crippen molar-refractivity contribution in [2.75, 3.05) is 20.2 Å². The molecule has 0 N–H and O–H groups in total. The number of likely N-dealkylation sites (tertiary alicyclic amines) is 1. The van der Waals surface area contributed by atoms with Crippen molar-refractivity contribution in [3.8, 4) is 22.9 Å². The Labute approximate surface area is 181 Å². The number of alkyl halides is 3. The molecule has 1 aromatic heterocycles. The fraction of sp³-hybridized carbons (Fsp3) is 0.318. The van der Waals surface area contributed by atoms with Crippen LogP contribution in [0.25, 0.3) is 11.4 Å². The third kappa shape index (κ3) is 5.01. The number of hydrogen-bond acceptors (Lipinski definition) is 6. The van der Waals surface area contributed by atoms with Crippen molar-refractivity contribution in [1.82, 2.24) is 15.0 Å². The van der Waals surface area contributed by atoms with E-state index in [1.165, 1.54) is 0 Å². The van der Waals surface area contributed by atoms with Crippen LogP contribution in [0.1, 0.15) is 17.9 Å². The zero-order valence-corrected chi connectivity index (χ0v) is 17.1. The van der Waals surface area contributed by atoms with Gasteiger partial charge in [0.15, 0.2) is 0 Å². The quantitative estimate of drug-likeness (QED) is 0.569. The van der Waals surface area contributed by atoms with Crippen molar-refractivity contribution in [3.05, 3.63) is 60.0 Å². The molecule has 1 aliphatic rings. The van der Waals surface area contributed by atoms with Gasteiger partial charge < -0.3 is 18.9 Å². The number of benzene rings is 2. The van der Waals surface area contributed by atoms with E-state index < -0.39 is 12.1 Å². The van der Waals surface area contributed by atoms with Gasteiger partial charge in [0.2, 0.25) is 11.7 Å². The Hall–Kier alpha value is -3.56. The van der Waals surface area contributed by atoms with Crippen LogP contribution in [0.15, 0.2) is 53.1 Å². The minimum atomic E-state index is -4.69. The Morgan fingerprint density at radius 1 is 1.19 bits per heavy atom. The Morgan fingerprint density at radius 2 is 1.97 bits per heavy atom. The van der Waals surface area contributed by atoms with Crippen LogP contribution in [0.4, 0.5) is 13.2 Å². The van der Waals surface area contributed by atoms with Crippen LogP contribution in [0.2, 0.25) is 0 Å². The molecule has 2 aromatic carbocycles. The van der Waals surface area contributed by atoms with Gasteiger partial charge in [-0.15, -0.1) is 0 Å². The number of halogens is 3. The first-order chi connectivity index (χ1) is 15.3. The number of amides is 1. The minimum Gasteiger partial charge on any atom is -0.497 e. The molecule has 0 unspecified atom stereocenters. The molecule has 0 spiro atoms. The van der Waals surface area contributed by atoms with E-state index >= 15 is 0 Å². The van der Waals surface area contributed by atoms with Crippen molar-refractivity contribution >= 4 is 5.91 Å². The van der Waals surface area contributed by atoms with Crippen LogP contribution in [0.3, 0.4) is 0 Å². The lowest BCUT2D eigenvalue weighted by Crippen LogP contribution is -2.32. The van der Waals surface area contributed by atoms with Crippen molar-refractivity contribution in [1.29, 1.82) is 0 Å². The van der Waals surface area contributed by atoms with E-state index in [9.17, 15) is 18.0 Å². The Kier molecular flexibility index (Phi) is 6.02. The summed E-state index contributed by atoms with van der Waals surface area (Å²) in [5.74, 6) is -0.286. The maximum absolute atomic E-state index is 12.6. The summed E-state index contributed by atoms with van der Waals surface area (Å²) >= 11 is 0. The number of ether oxygens (including phenoxy) is 2. The van der Waals surface area contributed by atoms with Gasteiger partial charge in [0.1, 0.15) is 17.6 Å². The predicted octanol–water partition coefficient (Wildman–Crippen LogP) is 3.99. The number of rotatable bonds is 6. The van der Waals surface area contributed by atoms with Gasteiger partial charge in [-0.25, -0.2) is 0 Å².